The summed E-state index contributed by atoms with van der Waals surface area (Å²) in [6.07, 6.45) is 2.99. The zero-order valence-electron chi connectivity index (χ0n) is 5.86. The van der Waals surface area contributed by atoms with Gasteiger partial charge in [0.2, 0.25) is 0 Å². The molecule has 1 atom stereocenters. The highest BCUT2D eigenvalue weighted by Crippen LogP contribution is 2.21. The van der Waals surface area contributed by atoms with Gasteiger partial charge in [-0.3, -0.25) is 9.98 Å². The van der Waals surface area contributed by atoms with Crippen LogP contribution in [-0.2, 0) is 0 Å². The maximum Gasteiger partial charge on any atom is 0.143 e. The molecule has 0 radical (unpaired) electrons. The molecule has 1 aromatic rings. The van der Waals surface area contributed by atoms with E-state index < -0.39 is 0 Å². The van der Waals surface area contributed by atoms with Crippen molar-refractivity contribution in [1.82, 2.24) is 4.98 Å². The largest absolute Gasteiger partial charge is 0.345 e. The van der Waals surface area contributed by atoms with Crippen LogP contribution in [0.15, 0.2) is 23.3 Å². The number of rotatable bonds is 0. The molecule has 4 nitrogen and oxygen atoms in total. The second-order valence-corrected chi connectivity index (χ2v) is 2.30. The van der Waals surface area contributed by atoms with Gasteiger partial charge < -0.3 is 11.1 Å². The Morgan fingerprint density at radius 2 is 2.45 bits per heavy atom. The summed E-state index contributed by atoms with van der Waals surface area (Å²) >= 11 is 0. The van der Waals surface area contributed by atoms with E-state index in [2.05, 4.69) is 15.3 Å². The molecule has 1 aromatic heterocycles. The SMILES string of the molecule is NC1N=CNc2cccnc21. The maximum absolute atomic E-state index is 5.65. The Morgan fingerprint density at radius 1 is 1.55 bits per heavy atom. The Bertz CT molecular complexity index is 294. The van der Waals surface area contributed by atoms with E-state index in [1.54, 1.807) is 12.5 Å². The highest BCUT2D eigenvalue weighted by atomic mass is 15.1. The fraction of sp³-hybridized carbons (Fsp3) is 0.143. The van der Waals surface area contributed by atoms with Crippen LogP contribution in [0.4, 0.5) is 5.69 Å². The fourth-order valence-corrected chi connectivity index (χ4v) is 1.03. The Balaban J connectivity index is 2.50. The first-order valence-electron chi connectivity index (χ1n) is 3.36. The van der Waals surface area contributed by atoms with Crippen LogP contribution in [0.1, 0.15) is 11.9 Å². The number of pyridine rings is 1. The fourth-order valence-electron chi connectivity index (χ4n) is 1.03. The third-order valence-electron chi connectivity index (χ3n) is 1.57. The van der Waals surface area contributed by atoms with E-state index in [9.17, 15) is 0 Å². The molecular formula is C7H8N4. The lowest BCUT2D eigenvalue weighted by molar-refractivity contribution is 0.743. The number of fused-ring (bicyclic) bond motifs is 1. The molecule has 11 heavy (non-hydrogen) atoms. The molecule has 0 saturated heterocycles. The molecule has 1 aliphatic rings. The Morgan fingerprint density at radius 3 is 3.27 bits per heavy atom. The first-order valence-corrected chi connectivity index (χ1v) is 3.36. The molecule has 0 aliphatic carbocycles. The van der Waals surface area contributed by atoms with Gasteiger partial charge in [-0.05, 0) is 12.1 Å². The van der Waals surface area contributed by atoms with Gasteiger partial charge in [-0.15, -0.1) is 0 Å². The first kappa shape index (κ1) is 6.30. The smallest absolute Gasteiger partial charge is 0.143 e. The summed E-state index contributed by atoms with van der Waals surface area (Å²) in [6, 6.07) is 3.78. The monoisotopic (exact) mass is 148 g/mol. The van der Waals surface area contributed by atoms with Gasteiger partial charge in [0.05, 0.1) is 12.0 Å². The van der Waals surface area contributed by atoms with Crippen LogP contribution < -0.4 is 11.1 Å². The van der Waals surface area contributed by atoms with E-state index in [0.29, 0.717) is 0 Å². The van der Waals surface area contributed by atoms with Crippen molar-refractivity contribution in [3.8, 4) is 0 Å². The van der Waals surface area contributed by atoms with E-state index in [4.69, 9.17) is 5.73 Å². The van der Waals surface area contributed by atoms with Gasteiger partial charge >= 0.3 is 0 Å². The lowest BCUT2D eigenvalue weighted by atomic mass is 10.2. The molecule has 1 aliphatic heterocycles. The van der Waals surface area contributed by atoms with E-state index in [0.717, 1.165) is 11.4 Å². The normalized spacial score (nSPS) is 20.6. The number of nitrogens with one attached hydrogen (secondary N) is 1. The number of anilines is 1. The van der Waals surface area contributed by atoms with Crippen LogP contribution >= 0.6 is 0 Å². The summed E-state index contributed by atoms with van der Waals surface area (Å²) in [7, 11) is 0. The molecular weight excluding hydrogens is 140 g/mol. The third kappa shape index (κ3) is 0.969. The quantitative estimate of drug-likeness (QED) is 0.563. The average Bonchev–Trinajstić information content (AvgIpc) is 2.06. The minimum absolute atomic E-state index is 0.313. The molecule has 0 saturated carbocycles. The topological polar surface area (TPSA) is 63.3 Å². The van der Waals surface area contributed by atoms with Gasteiger partial charge in [-0.1, -0.05) is 0 Å². The maximum atomic E-state index is 5.65. The summed E-state index contributed by atoms with van der Waals surface area (Å²) in [5, 5.41) is 2.96. The minimum atomic E-state index is -0.313. The molecule has 2 heterocycles. The van der Waals surface area contributed by atoms with Gasteiger partial charge in [0.1, 0.15) is 11.9 Å². The number of nitrogens with two attached hydrogens (primary N) is 1. The minimum Gasteiger partial charge on any atom is -0.345 e. The molecule has 1 unspecified atom stereocenters. The van der Waals surface area contributed by atoms with Crippen LogP contribution in [0.2, 0.25) is 0 Å². The first-order chi connectivity index (χ1) is 5.38. The molecule has 0 fully saturated rings. The summed E-state index contributed by atoms with van der Waals surface area (Å²) in [5.41, 5.74) is 7.39. The number of nitrogens with zero attached hydrogens (tertiary/aromatic N) is 2. The van der Waals surface area contributed by atoms with Gasteiger partial charge in [-0.25, -0.2) is 0 Å². The van der Waals surface area contributed by atoms with E-state index in [1.165, 1.54) is 0 Å². The Labute approximate surface area is 64.2 Å². The second kappa shape index (κ2) is 2.32. The number of hydrogen-bond acceptors (Lipinski definition) is 4. The summed E-state index contributed by atoms with van der Waals surface area (Å²) in [6.45, 7) is 0. The molecule has 2 rings (SSSR count). The van der Waals surface area contributed by atoms with Crippen LogP contribution in [-0.4, -0.2) is 11.3 Å². The van der Waals surface area contributed by atoms with E-state index >= 15 is 0 Å². The van der Waals surface area contributed by atoms with Crippen molar-refractivity contribution in [2.45, 2.75) is 6.17 Å². The van der Waals surface area contributed by atoms with Gasteiger partial charge in [0, 0.05) is 6.20 Å². The van der Waals surface area contributed by atoms with E-state index in [1.807, 2.05) is 12.1 Å². The van der Waals surface area contributed by atoms with Crippen LogP contribution in [0.25, 0.3) is 0 Å². The van der Waals surface area contributed by atoms with Crippen LogP contribution in [0, 0.1) is 0 Å². The van der Waals surface area contributed by atoms with Crippen molar-refractivity contribution >= 4 is 12.0 Å². The summed E-state index contributed by atoms with van der Waals surface area (Å²) < 4.78 is 0. The van der Waals surface area contributed by atoms with Crippen LogP contribution in [0.3, 0.4) is 0 Å². The molecule has 0 aromatic carbocycles. The molecule has 3 N–H and O–H groups in total. The number of aromatic nitrogens is 1. The van der Waals surface area contributed by atoms with E-state index in [-0.39, 0.29) is 6.17 Å². The lowest BCUT2D eigenvalue weighted by Crippen LogP contribution is -2.17. The van der Waals surface area contributed by atoms with Crippen molar-refractivity contribution in [1.29, 1.82) is 0 Å². The summed E-state index contributed by atoms with van der Waals surface area (Å²) in [4.78, 5) is 8.05. The molecule has 0 bridgehead atoms. The van der Waals surface area contributed by atoms with Gasteiger partial charge in [0.25, 0.3) is 0 Å². The highest BCUT2D eigenvalue weighted by molar-refractivity contribution is 5.79. The molecule has 0 amide bonds. The molecule has 56 valence electrons. The van der Waals surface area contributed by atoms with Crippen LogP contribution in [0.5, 0.6) is 0 Å². The second-order valence-electron chi connectivity index (χ2n) is 2.30. The Hall–Kier alpha value is -1.42. The van der Waals surface area contributed by atoms with Gasteiger partial charge in [-0.2, -0.15) is 0 Å². The zero-order valence-corrected chi connectivity index (χ0v) is 5.86. The van der Waals surface area contributed by atoms with Crippen molar-refractivity contribution in [2.24, 2.45) is 10.7 Å². The zero-order chi connectivity index (χ0) is 7.68. The molecule has 4 heteroatoms. The van der Waals surface area contributed by atoms with Gasteiger partial charge in [0.15, 0.2) is 0 Å². The lowest BCUT2D eigenvalue weighted by Gasteiger charge is -2.15. The van der Waals surface area contributed by atoms with Crippen molar-refractivity contribution in [3.63, 3.8) is 0 Å². The Kier molecular flexibility index (Phi) is 1.33. The van der Waals surface area contributed by atoms with Crippen molar-refractivity contribution in [2.75, 3.05) is 5.32 Å². The van der Waals surface area contributed by atoms with Crippen molar-refractivity contribution in [3.05, 3.63) is 24.0 Å². The molecule has 0 spiro atoms. The number of aliphatic imine (C=N–C) groups is 1. The standard InChI is InChI=1S/C7H8N4/c8-7-6-5(10-4-11-7)2-1-3-9-6/h1-4,7H,8H2,(H,10,11). The average molecular weight is 148 g/mol. The van der Waals surface area contributed by atoms with Crippen molar-refractivity contribution < 1.29 is 0 Å². The predicted octanol–water partition coefficient (Wildman–Crippen LogP) is 0.493. The third-order valence-corrected chi connectivity index (χ3v) is 1.57. The predicted molar refractivity (Wildman–Crippen MR) is 43.3 cm³/mol. The summed E-state index contributed by atoms with van der Waals surface area (Å²) in [5.74, 6) is 0. The number of hydrogen-bond donors (Lipinski definition) is 2. The highest BCUT2D eigenvalue weighted by Gasteiger charge is 2.12.